The summed E-state index contributed by atoms with van der Waals surface area (Å²) in [6.07, 6.45) is -0.170. The number of carbonyl (C=O) groups is 4. The zero-order chi connectivity index (χ0) is 24.1. The minimum absolute atomic E-state index is 0.170. The zero-order valence-electron chi connectivity index (χ0n) is 17.7. The summed E-state index contributed by atoms with van der Waals surface area (Å²) in [7, 11) is 0. The van der Waals surface area contributed by atoms with Crippen LogP contribution >= 0.6 is 23.4 Å². The van der Waals surface area contributed by atoms with E-state index in [0.29, 0.717) is 27.5 Å². The molecule has 0 spiro atoms. The molecule has 0 fully saturated rings. The highest BCUT2D eigenvalue weighted by atomic mass is 35.5. The number of ketones is 1. The van der Waals surface area contributed by atoms with E-state index in [9.17, 15) is 19.2 Å². The molecule has 1 aliphatic heterocycles. The van der Waals surface area contributed by atoms with Crippen molar-refractivity contribution in [1.29, 1.82) is 0 Å². The SMILES string of the molecule is O=C(C[C@H]1Sc2ccc(Cl)cc2NC1=O)OCC(=O)c1ccc(NC(=O)c2ccccc2)cc1. The number of carbonyl (C=O) groups excluding carboxylic acids is 4. The Balaban J connectivity index is 1.27. The summed E-state index contributed by atoms with van der Waals surface area (Å²) in [6, 6.07) is 20.2. The monoisotopic (exact) mass is 494 g/mol. The average molecular weight is 495 g/mol. The van der Waals surface area contributed by atoms with Crippen molar-refractivity contribution in [3.05, 3.63) is 88.9 Å². The van der Waals surface area contributed by atoms with E-state index in [1.54, 1.807) is 66.7 Å². The maximum Gasteiger partial charge on any atom is 0.307 e. The molecule has 3 aromatic carbocycles. The Morgan fingerprint density at radius 1 is 0.971 bits per heavy atom. The van der Waals surface area contributed by atoms with Gasteiger partial charge in [0.2, 0.25) is 5.91 Å². The average Bonchev–Trinajstić information content (AvgIpc) is 2.84. The van der Waals surface area contributed by atoms with E-state index >= 15 is 0 Å². The molecule has 3 aromatic rings. The van der Waals surface area contributed by atoms with E-state index in [-0.39, 0.29) is 18.2 Å². The van der Waals surface area contributed by atoms with Gasteiger partial charge in [-0.15, -0.1) is 11.8 Å². The Bertz CT molecular complexity index is 1250. The molecule has 172 valence electrons. The first-order valence-electron chi connectivity index (χ1n) is 10.3. The highest BCUT2D eigenvalue weighted by Gasteiger charge is 2.30. The number of Topliss-reactive ketones (excluding diaryl/α,β-unsaturated/α-hetero) is 1. The van der Waals surface area contributed by atoms with Gasteiger partial charge in [0.15, 0.2) is 12.4 Å². The van der Waals surface area contributed by atoms with Gasteiger partial charge in [-0.05, 0) is 54.6 Å². The summed E-state index contributed by atoms with van der Waals surface area (Å²) < 4.78 is 5.10. The highest BCUT2D eigenvalue weighted by Crippen LogP contribution is 2.38. The van der Waals surface area contributed by atoms with Crippen molar-refractivity contribution in [2.24, 2.45) is 0 Å². The molecule has 0 radical (unpaired) electrons. The minimum Gasteiger partial charge on any atom is -0.457 e. The lowest BCUT2D eigenvalue weighted by atomic mass is 10.1. The van der Waals surface area contributed by atoms with Crippen molar-refractivity contribution in [3.8, 4) is 0 Å². The van der Waals surface area contributed by atoms with Crippen molar-refractivity contribution in [2.75, 3.05) is 17.2 Å². The molecule has 0 aromatic heterocycles. The summed E-state index contributed by atoms with van der Waals surface area (Å²) >= 11 is 7.18. The van der Waals surface area contributed by atoms with Crippen molar-refractivity contribution in [1.82, 2.24) is 0 Å². The predicted octanol–water partition coefficient (Wildman–Crippen LogP) is 4.82. The van der Waals surface area contributed by atoms with E-state index in [0.717, 1.165) is 4.90 Å². The van der Waals surface area contributed by atoms with E-state index < -0.39 is 23.6 Å². The molecule has 0 bridgehead atoms. The van der Waals surface area contributed by atoms with Gasteiger partial charge in [-0.25, -0.2) is 0 Å². The quantitative estimate of drug-likeness (QED) is 0.360. The summed E-state index contributed by atoms with van der Waals surface area (Å²) in [4.78, 5) is 49.9. The molecule has 4 rings (SSSR count). The van der Waals surface area contributed by atoms with Gasteiger partial charge in [-0.1, -0.05) is 29.8 Å². The van der Waals surface area contributed by atoms with Crippen LogP contribution in [0.4, 0.5) is 11.4 Å². The normalized spacial score (nSPS) is 14.5. The first-order chi connectivity index (χ1) is 16.4. The van der Waals surface area contributed by atoms with Gasteiger partial charge < -0.3 is 15.4 Å². The third-order valence-corrected chi connectivity index (χ3v) is 6.49. The Morgan fingerprint density at radius 3 is 2.44 bits per heavy atom. The molecule has 1 aliphatic rings. The zero-order valence-corrected chi connectivity index (χ0v) is 19.3. The Hall–Kier alpha value is -3.62. The second kappa shape index (κ2) is 10.5. The molecule has 2 N–H and O–H groups in total. The topological polar surface area (TPSA) is 102 Å². The Kier molecular flexibility index (Phi) is 7.30. The van der Waals surface area contributed by atoms with Crippen LogP contribution in [0.25, 0.3) is 0 Å². The van der Waals surface area contributed by atoms with Crippen LogP contribution in [0.1, 0.15) is 27.1 Å². The Morgan fingerprint density at radius 2 is 1.71 bits per heavy atom. The number of hydrogen-bond donors (Lipinski definition) is 2. The number of amides is 2. The second-order valence-corrected chi connectivity index (χ2v) is 9.10. The number of ether oxygens (including phenoxy) is 1. The standard InChI is InChI=1S/C25H19ClN2O5S/c26-17-8-11-21-19(12-17)28-25(32)22(34-21)13-23(30)33-14-20(29)15-6-9-18(10-7-15)27-24(31)16-4-2-1-3-5-16/h1-12,22H,13-14H2,(H,27,31)(H,28,32)/t22-/m1/s1. The van der Waals surface area contributed by atoms with Gasteiger partial charge in [0.1, 0.15) is 0 Å². The number of fused-ring (bicyclic) bond motifs is 1. The van der Waals surface area contributed by atoms with Gasteiger partial charge in [-0.2, -0.15) is 0 Å². The molecule has 1 atom stereocenters. The van der Waals surface area contributed by atoms with Crippen LogP contribution in [0.2, 0.25) is 5.02 Å². The van der Waals surface area contributed by atoms with E-state index in [2.05, 4.69) is 10.6 Å². The smallest absolute Gasteiger partial charge is 0.307 e. The predicted molar refractivity (Wildman–Crippen MR) is 130 cm³/mol. The lowest BCUT2D eigenvalue weighted by Gasteiger charge is -2.23. The van der Waals surface area contributed by atoms with Crippen LogP contribution in [0.3, 0.4) is 0 Å². The molecule has 0 aliphatic carbocycles. The Labute approximate surface area is 204 Å². The number of anilines is 2. The summed E-state index contributed by atoms with van der Waals surface area (Å²) in [5.74, 6) is -1.62. The summed E-state index contributed by atoms with van der Waals surface area (Å²) in [6.45, 7) is -0.445. The molecule has 9 heteroatoms. The van der Waals surface area contributed by atoms with Crippen LogP contribution in [-0.4, -0.2) is 35.4 Å². The van der Waals surface area contributed by atoms with Gasteiger partial charge in [0.05, 0.1) is 17.4 Å². The van der Waals surface area contributed by atoms with Gasteiger partial charge in [-0.3, -0.25) is 19.2 Å². The molecule has 1 heterocycles. The maximum atomic E-state index is 12.4. The van der Waals surface area contributed by atoms with Gasteiger partial charge in [0.25, 0.3) is 5.91 Å². The van der Waals surface area contributed by atoms with Gasteiger partial charge >= 0.3 is 5.97 Å². The largest absolute Gasteiger partial charge is 0.457 e. The lowest BCUT2D eigenvalue weighted by Crippen LogP contribution is -2.31. The number of benzene rings is 3. The number of nitrogens with one attached hydrogen (secondary N) is 2. The van der Waals surface area contributed by atoms with Gasteiger partial charge in [0, 0.05) is 26.7 Å². The van der Waals surface area contributed by atoms with Crippen molar-refractivity contribution in [2.45, 2.75) is 16.6 Å². The first-order valence-corrected chi connectivity index (χ1v) is 11.6. The molecule has 0 saturated heterocycles. The fraction of sp³-hybridized carbons (Fsp3) is 0.120. The molecule has 2 amide bonds. The maximum absolute atomic E-state index is 12.4. The van der Waals surface area contributed by atoms with Crippen molar-refractivity contribution in [3.63, 3.8) is 0 Å². The lowest BCUT2D eigenvalue weighted by molar-refractivity contribution is -0.143. The van der Waals surface area contributed by atoms with E-state index in [4.69, 9.17) is 16.3 Å². The molecular formula is C25H19ClN2O5S. The highest BCUT2D eigenvalue weighted by molar-refractivity contribution is 8.01. The molecule has 0 saturated carbocycles. The minimum atomic E-state index is -0.663. The second-order valence-electron chi connectivity index (χ2n) is 7.42. The third kappa shape index (κ3) is 5.84. The fourth-order valence-electron chi connectivity index (χ4n) is 3.23. The van der Waals surface area contributed by atoms with E-state index in [1.165, 1.54) is 11.8 Å². The molecule has 0 unspecified atom stereocenters. The number of thioether (sulfide) groups is 1. The summed E-state index contributed by atoms with van der Waals surface area (Å²) in [5, 5.41) is 5.32. The van der Waals surface area contributed by atoms with Crippen LogP contribution in [0, 0.1) is 0 Å². The van der Waals surface area contributed by atoms with Crippen molar-refractivity contribution >= 4 is 58.3 Å². The van der Waals surface area contributed by atoms with Crippen molar-refractivity contribution < 1.29 is 23.9 Å². The molecule has 7 nitrogen and oxygen atoms in total. The third-order valence-electron chi connectivity index (χ3n) is 4.98. The number of esters is 1. The first kappa shape index (κ1) is 23.5. The number of halogens is 1. The number of rotatable bonds is 7. The molecular weight excluding hydrogens is 476 g/mol. The van der Waals surface area contributed by atoms with E-state index in [1.807, 2.05) is 6.07 Å². The van der Waals surface area contributed by atoms with Crippen LogP contribution in [0.15, 0.2) is 77.7 Å². The van der Waals surface area contributed by atoms with Crippen LogP contribution in [0.5, 0.6) is 0 Å². The number of hydrogen-bond acceptors (Lipinski definition) is 6. The summed E-state index contributed by atoms with van der Waals surface area (Å²) in [5.41, 5.74) is 1.99. The molecule has 34 heavy (non-hydrogen) atoms. The fourth-order valence-corrected chi connectivity index (χ4v) is 4.48. The van der Waals surface area contributed by atoms with Crippen LogP contribution in [-0.2, 0) is 14.3 Å². The van der Waals surface area contributed by atoms with Crippen LogP contribution < -0.4 is 10.6 Å².